The smallest absolute Gasteiger partial charge is 0.244 e. The van der Waals surface area contributed by atoms with Crippen LogP contribution in [0.1, 0.15) is 24.8 Å². The van der Waals surface area contributed by atoms with Gasteiger partial charge in [0.15, 0.2) is 0 Å². The summed E-state index contributed by atoms with van der Waals surface area (Å²) in [4.78, 5) is 15.4. The monoisotopic (exact) mass is 430 g/mol. The van der Waals surface area contributed by atoms with E-state index in [-0.39, 0.29) is 17.9 Å². The zero-order valence-electron chi connectivity index (χ0n) is 17.4. The van der Waals surface area contributed by atoms with Gasteiger partial charge in [0, 0.05) is 64.1 Å². The number of aromatic nitrogens is 1. The van der Waals surface area contributed by atoms with E-state index < -0.39 is 10.0 Å². The van der Waals surface area contributed by atoms with Crippen LogP contribution in [0, 0.1) is 5.92 Å². The number of rotatable bonds is 6. The van der Waals surface area contributed by atoms with Gasteiger partial charge in [-0.15, -0.1) is 0 Å². The number of nitrogens with zero attached hydrogens (tertiary/aromatic N) is 3. The number of sulfonamides is 1. The van der Waals surface area contributed by atoms with Crippen molar-refractivity contribution < 1.29 is 13.2 Å². The average Bonchev–Trinajstić information content (AvgIpc) is 3.38. The van der Waals surface area contributed by atoms with E-state index in [1.165, 1.54) is 9.87 Å². The number of aryl methyl sites for hydroxylation is 1. The molecule has 2 aromatic rings. The van der Waals surface area contributed by atoms with Crippen molar-refractivity contribution in [3.05, 3.63) is 54.4 Å². The first-order valence-electron chi connectivity index (χ1n) is 10.6. The van der Waals surface area contributed by atoms with E-state index in [9.17, 15) is 13.2 Å². The number of hydrogen-bond acceptors (Lipinski definition) is 4. The van der Waals surface area contributed by atoms with Gasteiger partial charge in [-0.1, -0.05) is 30.3 Å². The standard InChI is InChI=1S/C22H30N4O3S/c1-24-11-10-21(17-24)30(28,29)26-13-7-19(8-14-26)22(27)23-20-9-12-25(16-20)15-18-5-3-2-4-6-18/h2-6,10-11,17,19-20H,7-9,12-16H2,1H3,(H,23,27)/t20-/m1/s1. The van der Waals surface area contributed by atoms with Gasteiger partial charge in [0.25, 0.3) is 0 Å². The maximum Gasteiger partial charge on any atom is 0.244 e. The Morgan fingerprint density at radius 1 is 1.07 bits per heavy atom. The minimum Gasteiger partial charge on any atom is -0.356 e. The molecule has 0 saturated carbocycles. The molecule has 0 bridgehead atoms. The minimum absolute atomic E-state index is 0.0679. The highest BCUT2D eigenvalue weighted by molar-refractivity contribution is 7.89. The molecule has 8 heteroatoms. The van der Waals surface area contributed by atoms with Crippen LogP contribution >= 0.6 is 0 Å². The summed E-state index contributed by atoms with van der Waals surface area (Å²) in [7, 11) is -1.67. The molecule has 2 fully saturated rings. The molecular formula is C22H30N4O3S. The molecular weight excluding hydrogens is 400 g/mol. The normalized spacial score (nSPS) is 21.7. The molecule has 2 aliphatic rings. The van der Waals surface area contributed by atoms with E-state index in [0.717, 1.165) is 26.1 Å². The SMILES string of the molecule is Cn1ccc(S(=O)(=O)N2CCC(C(=O)N[C@@H]3CCN(Cc4ccccc4)C3)CC2)c1. The maximum atomic E-state index is 12.7. The Balaban J connectivity index is 1.25. The van der Waals surface area contributed by atoms with E-state index in [2.05, 4.69) is 34.5 Å². The van der Waals surface area contributed by atoms with Crippen LogP contribution in [0.3, 0.4) is 0 Å². The molecule has 1 aromatic carbocycles. The molecule has 4 rings (SSSR count). The van der Waals surface area contributed by atoms with Crippen molar-refractivity contribution in [2.75, 3.05) is 26.2 Å². The Morgan fingerprint density at radius 2 is 1.80 bits per heavy atom. The second kappa shape index (κ2) is 8.91. The Kier molecular flexibility index (Phi) is 6.26. The van der Waals surface area contributed by atoms with Crippen molar-refractivity contribution >= 4 is 15.9 Å². The van der Waals surface area contributed by atoms with Gasteiger partial charge in [-0.3, -0.25) is 9.69 Å². The van der Waals surface area contributed by atoms with E-state index >= 15 is 0 Å². The summed E-state index contributed by atoms with van der Waals surface area (Å²) in [6.45, 7) is 3.53. The topological polar surface area (TPSA) is 74.6 Å². The molecule has 0 radical (unpaired) electrons. The van der Waals surface area contributed by atoms with Gasteiger partial charge in [0.2, 0.25) is 15.9 Å². The molecule has 2 aliphatic heterocycles. The fraction of sp³-hybridized carbons (Fsp3) is 0.500. The highest BCUT2D eigenvalue weighted by Crippen LogP contribution is 2.24. The van der Waals surface area contributed by atoms with E-state index in [1.54, 1.807) is 30.1 Å². The summed E-state index contributed by atoms with van der Waals surface area (Å²) in [5.41, 5.74) is 1.29. The second-order valence-corrected chi connectivity index (χ2v) is 10.3. The van der Waals surface area contributed by atoms with Crippen molar-refractivity contribution in [1.82, 2.24) is 19.1 Å². The zero-order chi connectivity index (χ0) is 21.1. The van der Waals surface area contributed by atoms with Gasteiger partial charge in [-0.25, -0.2) is 8.42 Å². The van der Waals surface area contributed by atoms with E-state index in [1.807, 2.05) is 6.07 Å². The molecule has 30 heavy (non-hydrogen) atoms. The molecule has 1 N–H and O–H groups in total. The van der Waals surface area contributed by atoms with Crippen molar-refractivity contribution in [1.29, 1.82) is 0 Å². The summed E-state index contributed by atoms with van der Waals surface area (Å²) in [6.07, 6.45) is 5.45. The number of carbonyl (C=O) groups excluding carboxylic acids is 1. The Morgan fingerprint density at radius 3 is 2.47 bits per heavy atom. The summed E-state index contributed by atoms with van der Waals surface area (Å²) in [6, 6.07) is 12.2. The third-order valence-electron chi connectivity index (χ3n) is 6.14. The van der Waals surface area contributed by atoms with Crippen LogP contribution in [-0.4, -0.2) is 60.3 Å². The van der Waals surface area contributed by atoms with E-state index in [4.69, 9.17) is 0 Å². The number of benzene rings is 1. The third kappa shape index (κ3) is 4.77. The van der Waals surface area contributed by atoms with Gasteiger partial charge in [0.1, 0.15) is 0 Å². The number of likely N-dealkylation sites (tertiary alicyclic amines) is 1. The molecule has 0 spiro atoms. The molecule has 162 valence electrons. The van der Waals surface area contributed by atoms with Crippen molar-refractivity contribution in [2.45, 2.75) is 36.7 Å². The van der Waals surface area contributed by atoms with Gasteiger partial charge in [-0.2, -0.15) is 4.31 Å². The van der Waals surface area contributed by atoms with Crippen LogP contribution in [0.25, 0.3) is 0 Å². The van der Waals surface area contributed by atoms with Crippen LogP contribution in [0.4, 0.5) is 0 Å². The van der Waals surface area contributed by atoms with Crippen LogP contribution in [0.15, 0.2) is 53.7 Å². The predicted octanol–water partition coefficient (Wildman–Crippen LogP) is 1.82. The van der Waals surface area contributed by atoms with Gasteiger partial charge in [0.05, 0.1) is 4.90 Å². The van der Waals surface area contributed by atoms with Gasteiger partial charge in [-0.05, 0) is 30.9 Å². The summed E-state index contributed by atoms with van der Waals surface area (Å²) < 4.78 is 28.7. The van der Waals surface area contributed by atoms with Crippen molar-refractivity contribution in [3.63, 3.8) is 0 Å². The molecule has 7 nitrogen and oxygen atoms in total. The zero-order valence-corrected chi connectivity index (χ0v) is 18.2. The van der Waals surface area contributed by atoms with Crippen molar-refractivity contribution in [2.24, 2.45) is 13.0 Å². The lowest BCUT2D eigenvalue weighted by Crippen LogP contribution is -2.45. The minimum atomic E-state index is -3.48. The molecule has 1 amide bonds. The lowest BCUT2D eigenvalue weighted by Gasteiger charge is -2.31. The Bertz CT molecular complexity index is 965. The molecule has 3 heterocycles. The summed E-state index contributed by atoms with van der Waals surface area (Å²) in [5.74, 6) is -0.0475. The number of nitrogens with one attached hydrogen (secondary N) is 1. The highest BCUT2D eigenvalue weighted by Gasteiger charge is 2.33. The van der Waals surface area contributed by atoms with Crippen molar-refractivity contribution in [3.8, 4) is 0 Å². The largest absolute Gasteiger partial charge is 0.356 e. The summed E-state index contributed by atoms with van der Waals surface area (Å²) >= 11 is 0. The van der Waals surface area contributed by atoms with Crippen LogP contribution in [0.5, 0.6) is 0 Å². The first-order valence-corrected chi connectivity index (χ1v) is 12.0. The Labute approximate surface area is 178 Å². The number of amides is 1. The quantitative estimate of drug-likeness (QED) is 0.759. The molecule has 1 atom stereocenters. The highest BCUT2D eigenvalue weighted by atomic mass is 32.2. The molecule has 2 saturated heterocycles. The molecule has 1 aromatic heterocycles. The first kappa shape index (κ1) is 21.1. The average molecular weight is 431 g/mol. The van der Waals surface area contributed by atoms with E-state index in [0.29, 0.717) is 30.8 Å². The first-order chi connectivity index (χ1) is 14.4. The fourth-order valence-electron chi connectivity index (χ4n) is 4.39. The van der Waals surface area contributed by atoms with Crippen LogP contribution in [-0.2, 0) is 28.4 Å². The maximum absolute atomic E-state index is 12.7. The lowest BCUT2D eigenvalue weighted by molar-refractivity contribution is -0.126. The van der Waals surface area contributed by atoms with Gasteiger partial charge >= 0.3 is 0 Å². The second-order valence-electron chi connectivity index (χ2n) is 8.41. The van der Waals surface area contributed by atoms with Gasteiger partial charge < -0.3 is 9.88 Å². The lowest BCUT2D eigenvalue weighted by atomic mass is 9.97. The Hall–Kier alpha value is -2.16. The molecule has 0 aliphatic carbocycles. The number of hydrogen-bond donors (Lipinski definition) is 1. The summed E-state index contributed by atoms with van der Waals surface area (Å²) in [5, 5.41) is 3.20. The fourth-order valence-corrected chi connectivity index (χ4v) is 5.91. The third-order valence-corrected chi connectivity index (χ3v) is 8.02. The number of carbonyl (C=O) groups is 1. The number of piperidine rings is 1. The molecule has 0 unspecified atom stereocenters. The van der Waals surface area contributed by atoms with Crippen LogP contribution in [0.2, 0.25) is 0 Å². The predicted molar refractivity (Wildman–Crippen MR) is 115 cm³/mol. The van der Waals surface area contributed by atoms with Crippen LogP contribution < -0.4 is 5.32 Å².